The maximum Gasteiger partial charge on any atom is 0.196 e. The lowest BCUT2D eigenvalue weighted by Crippen LogP contribution is -2.01. The molecule has 0 atom stereocenters. The monoisotopic (exact) mass is 272 g/mol. The van der Waals surface area contributed by atoms with Crippen LogP contribution in [0.1, 0.15) is 0 Å². The van der Waals surface area contributed by atoms with Crippen molar-refractivity contribution >= 4 is 28.7 Å². The Bertz CT molecular complexity index is 582. The molecule has 2 rings (SSSR count). The summed E-state index contributed by atoms with van der Waals surface area (Å²) in [5.74, 6) is -4.13. The Morgan fingerprint density at radius 3 is 2.39 bits per heavy atom. The van der Waals surface area contributed by atoms with E-state index in [4.69, 9.17) is 17.3 Å². The van der Waals surface area contributed by atoms with Crippen molar-refractivity contribution in [2.24, 2.45) is 0 Å². The highest BCUT2D eigenvalue weighted by Gasteiger charge is 2.15. The highest BCUT2D eigenvalue weighted by atomic mass is 35.5. The number of rotatable bonds is 2. The predicted octanol–water partition coefficient (Wildman–Crippen LogP) is 4.08. The number of benzene rings is 2. The van der Waals surface area contributed by atoms with Gasteiger partial charge in [-0.15, -0.1) is 0 Å². The van der Waals surface area contributed by atoms with Crippen LogP contribution in [0.15, 0.2) is 30.3 Å². The Kier molecular flexibility index (Phi) is 3.34. The average molecular weight is 273 g/mol. The van der Waals surface area contributed by atoms with E-state index in [1.165, 1.54) is 6.07 Å². The number of nitrogens with two attached hydrogens (primary N) is 1. The highest BCUT2D eigenvalue weighted by molar-refractivity contribution is 6.34. The van der Waals surface area contributed by atoms with E-state index < -0.39 is 17.5 Å². The molecule has 0 amide bonds. The fourth-order valence-corrected chi connectivity index (χ4v) is 1.66. The van der Waals surface area contributed by atoms with E-state index in [1.54, 1.807) is 12.1 Å². The first-order chi connectivity index (χ1) is 8.50. The minimum absolute atomic E-state index is 0.240. The molecule has 0 aliphatic carbocycles. The van der Waals surface area contributed by atoms with Crippen molar-refractivity contribution in [2.45, 2.75) is 0 Å². The molecule has 0 saturated heterocycles. The third-order valence-corrected chi connectivity index (χ3v) is 2.66. The lowest BCUT2D eigenvalue weighted by atomic mass is 10.2. The zero-order chi connectivity index (χ0) is 13.3. The third kappa shape index (κ3) is 2.22. The molecule has 6 heteroatoms. The van der Waals surface area contributed by atoms with E-state index in [9.17, 15) is 13.2 Å². The van der Waals surface area contributed by atoms with Crippen LogP contribution in [0.2, 0.25) is 5.02 Å². The molecule has 0 radical (unpaired) electrons. The molecular weight excluding hydrogens is 265 g/mol. The Hall–Kier alpha value is -1.88. The van der Waals surface area contributed by atoms with Crippen LogP contribution in [0.25, 0.3) is 0 Å². The first kappa shape index (κ1) is 12.6. The van der Waals surface area contributed by atoms with Gasteiger partial charge < -0.3 is 11.1 Å². The summed E-state index contributed by atoms with van der Waals surface area (Å²) in [6.45, 7) is 0. The van der Waals surface area contributed by atoms with Gasteiger partial charge in [-0.2, -0.15) is 0 Å². The normalized spacial score (nSPS) is 10.4. The zero-order valence-electron chi connectivity index (χ0n) is 8.98. The number of anilines is 3. The number of halogens is 4. The van der Waals surface area contributed by atoms with Crippen LogP contribution >= 0.6 is 11.6 Å². The van der Waals surface area contributed by atoms with Gasteiger partial charge in [0.15, 0.2) is 17.5 Å². The fraction of sp³-hybridized carbons (Fsp3) is 0. The molecule has 94 valence electrons. The molecule has 0 spiro atoms. The molecular formula is C12H8ClF3N2. The van der Waals surface area contributed by atoms with Gasteiger partial charge in [0.1, 0.15) is 0 Å². The smallest absolute Gasteiger partial charge is 0.196 e. The Morgan fingerprint density at radius 2 is 1.72 bits per heavy atom. The summed E-state index contributed by atoms with van der Waals surface area (Å²) in [5, 5.41) is 2.79. The number of hydrogen-bond acceptors (Lipinski definition) is 2. The van der Waals surface area contributed by atoms with Crippen molar-refractivity contribution in [1.29, 1.82) is 0 Å². The van der Waals surface area contributed by atoms with Gasteiger partial charge in [-0.1, -0.05) is 17.7 Å². The lowest BCUT2D eigenvalue weighted by Gasteiger charge is -2.12. The summed E-state index contributed by atoms with van der Waals surface area (Å²) >= 11 is 5.87. The average Bonchev–Trinajstić information content (AvgIpc) is 2.34. The van der Waals surface area contributed by atoms with E-state index in [0.29, 0.717) is 0 Å². The topological polar surface area (TPSA) is 38.0 Å². The summed E-state index contributed by atoms with van der Waals surface area (Å²) < 4.78 is 39.3. The van der Waals surface area contributed by atoms with E-state index in [1.807, 2.05) is 0 Å². The molecule has 2 nitrogen and oxygen atoms in total. The van der Waals surface area contributed by atoms with Crippen molar-refractivity contribution in [3.63, 3.8) is 0 Å². The van der Waals surface area contributed by atoms with E-state index in [0.717, 1.165) is 12.1 Å². The second-order valence-corrected chi connectivity index (χ2v) is 3.96. The maximum atomic E-state index is 13.5. The molecule has 3 N–H and O–H groups in total. The minimum atomic E-state index is -1.55. The second-order valence-electron chi connectivity index (χ2n) is 3.55. The van der Waals surface area contributed by atoms with Crippen molar-refractivity contribution in [2.75, 3.05) is 11.1 Å². The van der Waals surface area contributed by atoms with Crippen molar-refractivity contribution in [3.05, 3.63) is 52.8 Å². The predicted molar refractivity (Wildman–Crippen MR) is 65.5 cm³/mol. The number of para-hydroxylation sites is 1. The van der Waals surface area contributed by atoms with E-state index in [2.05, 4.69) is 5.32 Å². The van der Waals surface area contributed by atoms with Gasteiger partial charge in [0.2, 0.25) is 0 Å². The van der Waals surface area contributed by atoms with Crippen LogP contribution in [-0.4, -0.2) is 0 Å². The quantitative estimate of drug-likeness (QED) is 0.638. The van der Waals surface area contributed by atoms with Crippen molar-refractivity contribution < 1.29 is 13.2 Å². The van der Waals surface area contributed by atoms with Gasteiger partial charge in [0.05, 0.1) is 22.1 Å². The summed E-state index contributed by atoms with van der Waals surface area (Å²) in [6, 6.07) is 6.58. The summed E-state index contributed by atoms with van der Waals surface area (Å²) in [6.07, 6.45) is 0. The first-order valence-electron chi connectivity index (χ1n) is 4.95. The zero-order valence-corrected chi connectivity index (χ0v) is 9.73. The first-order valence-corrected chi connectivity index (χ1v) is 5.33. The largest absolute Gasteiger partial charge is 0.397 e. The fourth-order valence-electron chi connectivity index (χ4n) is 1.43. The van der Waals surface area contributed by atoms with Crippen LogP contribution in [-0.2, 0) is 0 Å². The van der Waals surface area contributed by atoms with Crippen molar-refractivity contribution in [1.82, 2.24) is 0 Å². The summed E-state index contributed by atoms with van der Waals surface area (Å²) in [5.41, 5.74) is 5.92. The van der Waals surface area contributed by atoms with Gasteiger partial charge in [0, 0.05) is 0 Å². The maximum absolute atomic E-state index is 13.5. The minimum Gasteiger partial charge on any atom is -0.397 e. The molecule has 0 unspecified atom stereocenters. The lowest BCUT2D eigenvalue weighted by molar-refractivity contribution is 0.449. The number of hydrogen-bond donors (Lipinski definition) is 2. The molecule has 2 aromatic rings. The number of nitrogens with one attached hydrogen (secondary N) is 1. The SMILES string of the molecule is Nc1cccc(Cl)c1Nc1ccc(F)c(F)c1F. The van der Waals surface area contributed by atoms with E-state index in [-0.39, 0.29) is 22.1 Å². The second kappa shape index (κ2) is 4.78. The number of nitrogen functional groups attached to an aromatic ring is 1. The molecule has 0 heterocycles. The van der Waals surface area contributed by atoms with Gasteiger partial charge in [-0.05, 0) is 24.3 Å². The molecule has 0 aliphatic heterocycles. The summed E-state index contributed by atoms with van der Waals surface area (Å²) in [4.78, 5) is 0. The van der Waals surface area contributed by atoms with Crippen molar-refractivity contribution in [3.8, 4) is 0 Å². The summed E-state index contributed by atoms with van der Waals surface area (Å²) in [7, 11) is 0. The molecule has 0 aromatic heterocycles. The van der Waals surface area contributed by atoms with Crippen LogP contribution in [0.4, 0.5) is 30.2 Å². The van der Waals surface area contributed by atoms with Gasteiger partial charge in [0.25, 0.3) is 0 Å². The Balaban J connectivity index is 2.44. The van der Waals surface area contributed by atoms with Crippen LogP contribution in [0.5, 0.6) is 0 Å². The molecule has 18 heavy (non-hydrogen) atoms. The van der Waals surface area contributed by atoms with Crippen LogP contribution in [0, 0.1) is 17.5 Å². The van der Waals surface area contributed by atoms with Gasteiger partial charge in [-0.25, -0.2) is 13.2 Å². The standard InChI is InChI=1S/C12H8ClF3N2/c13-6-2-1-3-8(17)12(6)18-9-5-4-7(14)10(15)11(9)16/h1-5,18H,17H2. The molecule has 2 aromatic carbocycles. The molecule has 0 aliphatic rings. The molecule has 0 bridgehead atoms. The van der Waals surface area contributed by atoms with Crippen LogP contribution in [0.3, 0.4) is 0 Å². The third-order valence-electron chi connectivity index (χ3n) is 2.34. The molecule has 0 fully saturated rings. The Morgan fingerprint density at radius 1 is 1.00 bits per heavy atom. The molecule has 0 saturated carbocycles. The van der Waals surface area contributed by atoms with Gasteiger partial charge in [-0.3, -0.25) is 0 Å². The van der Waals surface area contributed by atoms with Gasteiger partial charge >= 0.3 is 0 Å². The van der Waals surface area contributed by atoms with Crippen LogP contribution < -0.4 is 11.1 Å². The van der Waals surface area contributed by atoms with E-state index >= 15 is 0 Å². The Labute approximate surface area is 106 Å². The highest BCUT2D eigenvalue weighted by Crippen LogP contribution is 2.32.